The number of Topliss-reactive ketones (excluding diaryl/α,β-unsaturated/α-hetero) is 1. The van der Waals surface area contributed by atoms with Gasteiger partial charge in [-0.15, -0.1) is 0 Å². The molecule has 0 unspecified atom stereocenters. The molecule has 2 aliphatic carbocycles. The molecule has 6 heteroatoms. The first-order chi connectivity index (χ1) is 13.2. The lowest BCUT2D eigenvalue weighted by atomic mass is 9.81. The summed E-state index contributed by atoms with van der Waals surface area (Å²) in [7, 11) is 0. The van der Waals surface area contributed by atoms with E-state index in [1.807, 2.05) is 0 Å². The summed E-state index contributed by atoms with van der Waals surface area (Å²) in [6.45, 7) is 4.98. The Hall–Kier alpha value is -2.50. The van der Waals surface area contributed by atoms with Crippen molar-refractivity contribution < 1.29 is 23.9 Å². The van der Waals surface area contributed by atoms with Gasteiger partial charge in [-0.2, -0.15) is 0 Å². The van der Waals surface area contributed by atoms with Crippen LogP contribution in [0.5, 0.6) is 0 Å². The molecule has 1 saturated heterocycles. The summed E-state index contributed by atoms with van der Waals surface area (Å²) in [6, 6.07) is 6.35. The number of hydrogen-bond acceptors (Lipinski definition) is 5. The van der Waals surface area contributed by atoms with Gasteiger partial charge in [0.15, 0.2) is 12.4 Å². The number of ether oxygens (including phenoxy) is 1. The molecule has 0 spiro atoms. The van der Waals surface area contributed by atoms with Crippen LogP contribution in [0.1, 0.15) is 50.4 Å². The predicted octanol–water partition coefficient (Wildman–Crippen LogP) is 2.99. The molecule has 0 aromatic heterocycles. The van der Waals surface area contributed by atoms with Gasteiger partial charge in [0, 0.05) is 5.41 Å². The Morgan fingerprint density at radius 3 is 2.25 bits per heavy atom. The van der Waals surface area contributed by atoms with Crippen LogP contribution in [0.4, 0.5) is 5.69 Å². The van der Waals surface area contributed by atoms with E-state index in [1.165, 1.54) is 11.0 Å². The Kier molecular flexibility index (Phi) is 4.40. The van der Waals surface area contributed by atoms with Gasteiger partial charge in [-0.3, -0.25) is 19.3 Å². The second-order valence-electron chi connectivity index (χ2n) is 9.20. The van der Waals surface area contributed by atoms with Crippen molar-refractivity contribution in [2.24, 2.45) is 29.1 Å². The van der Waals surface area contributed by atoms with Crippen molar-refractivity contribution in [2.45, 2.75) is 40.0 Å². The minimum atomic E-state index is -0.640. The maximum absolute atomic E-state index is 12.9. The van der Waals surface area contributed by atoms with Gasteiger partial charge in [0.2, 0.25) is 11.8 Å². The number of anilines is 1. The fourth-order valence-electron chi connectivity index (χ4n) is 4.87. The topological polar surface area (TPSA) is 80.8 Å². The summed E-state index contributed by atoms with van der Waals surface area (Å²) in [5.74, 6) is -0.881. The largest absolute Gasteiger partial charge is 0.454 e. The zero-order valence-electron chi connectivity index (χ0n) is 16.4. The molecule has 1 heterocycles. The average molecular weight is 383 g/mol. The lowest BCUT2D eigenvalue weighted by Gasteiger charge is -2.19. The molecule has 0 radical (unpaired) electrons. The van der Waals surface area contributed by atoms with E-state index in [1.54, 1.807) is 39.0 Å². The fourth-order valence-corrected chi connectivity index (χ4v) is 4.87. The number of ketones is 1. The van der Waals surface area contributed by atoms with E-state index in [-0.39, 0.29) is 41.6 Å². The summed E-state index contributed by atoms with van der Waals surface area (Å²) in [6.07, 6.45) is 3.02. The molecule has 1 aliphatic heterocycles. The molecule has 4 atom stereocenters. The van der Waals surface area contributed by atoms with E-state index < -0.39 is 11.4 Å². The fraction of sp³-hybridized carbons (Fsp3) is 0.545. The Morgan fingerprint density at radius 2 is 1.68 bits per heavy atom. The van der Waals surface area contributed by atoms with Crippen LogP contribution in [-0.2, 0) is 19.1 Å². The maximum Gasteiger partial charge on any atom is 0.338 e. The van der Waals surface area contributed by atoms with Gasteiger partial charge >= 0.3 is 5.97 Å². The molecule has 3 fully saturated rings. The molecule has 28 heavy (non-hydrogen) atoms. The van der Waals surface area contributed by atoms with Crippen LogP contribution in [-0.4, -0.2) is 30.2 Å². The number of hydrogen-bond donors (Lipinski definition) is 0. The standard InChI is InChI=1S/C22H25NO5/c1-22(2,3)16(24)11-28-21(27)14-5-4-6-15(10-14)23-19(25)17-12-7-8-13(9-12)18(17)20(23)26/h4-6,10,12-13,17-18H,7-9,11H2,1-3H3/t12-,13-,17-,18-/m0/s1. The molecule has 6 nitrogen and oxygen atoms in total. The highest BCUT2D eigenvalue weighted by Gasteiger charge is 2.61. The van der Waals surface area contributed by atoms with Crippen molar-refractivity contribution in [3.63, 3.8) is 0 Å². The molecular formula is C22H25NO5. The number of amides is 2. The molecule has 1 aromatic carbocycles. The third kappa shape index (κ3) is 2.95. The van der Waals surface area contributed by atoms with Crippen molar-refractivity contribution in [1.82, 2.24) is 0 Å². The predicted molar refractivity (Wildman–Crippen MR) is 101 cm³/mol. The Balaban J connectivity index is 1.51. The van der Waals surface area contributed by atoms with Gasteiger partial charge in [-0.1, -0.05) is 26.8 Å². The van der Waals surface area contributed by atoms with Gasteiger partial charge < -0.3 is 4.74 Å². The summed E-state index contributed by atoms with van der Waals surface area (Å²) in [4.78, 5) is 51.4. The smallest absolute Gasteiger partial charge is 0.338 e. The Bertz CT molecular complexity index is 840. The normalized spacial score (nSPS) is 28.6. The van der Waals surface area contributed by atoms with Gasteiger partial charge in [0.25, 0.3) is 0 Å². The summed E-state index contributed by atoms with van der Waals surface area (Å²) >= 11 is 0. The SMILES string of the molecule is CC(C)(C)C(=O)COC(=O)c1cccc(N2C(=O)[C@H]3[C@H]4CC[C@@H](C4)[C@@H]3C2=O)c1. The quantitative estimate of drug-likeness (QED) is 0.590. The molecule has 4 rings (SSSR count). The zero-order valence-corrected chi connectivity index (χ0v) is 16.4. The molecule has 1 aromatic rings. The van der Waals surface area contributed by atoms with E-state index in [0.29, 0.717) is 17.5 Å². The average Bonchev–Trinajstić information content (AvgIpc) is 3.32. The van der Waals surface area contributed by atoms with E-state index >= 15 is 0 Å². The van der Waals surface area contributed by atoms with Crippen molar-refractivity contribution in [3.05, 3.63) is 29.8 Å². The van der Waals surface area contributed by atoms with E-state index in [4.69, 9.17) is 4.74 Å². The third-order valence-electron chi connectivity index (χ3n) is 6.44. The first-order valence-corrected chi connectivity index (χ1v) is 9.87. The second kappa shape index (κ2) is 6.54. The molecule has 3 aliphatic rings. The van der Waals surface area contributed by atoms with Gasteiger partial charge in [0.05, 0.1) is 23.1 Å². The monoisotopic (exact) mass is 383 g/mol. The van der Waals surface area contributed by atoms with Crippen LogP contribution < -0.4 is 4.90 Å². The van der Waals surface area contributed by atoms with E-state index in [2.05, 4.69) is 0 Å². The number of nitrogens with zero attached hydrogens (tertiary/aromatic N) is 1. The van der Waals surface area contributed by atoms with Crippen LogP contribution in [0.3, 0.4) is 0 Å². The molecule has 2 amide bonds. The zero-order chi connectivity index (χ0) is 20.2. The van der Waals surface area contributed by atoms with Crippen LogP contribution in [0.25, 0.3) is 0 Å². The lowest BCUT2D eigenvalue weighted by molar-refractivity contribution is -0.129. The van der Waals surface area contributed by atoms with Crippen molar-refractivity contribution in [1.29, 1.82) is 0 Å². The van der Waals surface area contributed by atoms with Crippen LogP contribution in [0.15, 0.2) is 24.3 Å². The summed E-state index contributed by atoms with van der Waals surface area (Å²) in [5.41, 5.74) is 0.0356. The molecule has 148 valence electrons. The molecular weight excluding hydrogens is 358 g/mol. The van der Waals surface area contributed by atoms with Crippen LogP contribution in [0.2, 0.25) is 0 Å². The van der Waals surface area contributed by atoms with Gasteiger partial charge in [-0.05, 0) is 49.3 Å². The number of rotatable bonds is 4. The third-order valence-corrected chi connectivity index (χ3v) is 6.44. The number of carbonyl (C=O) groups is 4. The highest BCUT2D eigenvalue weighted by molar-refractivity contribution is 6.22. The highest BCUT2D eigenvalue weighted by atomic mass is 16.5. The Morgan fingerprint density at radius 1 is 1.07 bits per heavy atom. The molecule has 2 bridgehead atoms. The lowest BCUT2D eigenvalue weighted by Crippen LogP contribution is -2.33. The number of imide groups is 1. The first kappa shape index (κ1) is 18.8. The first-order valence-electron chi connectivity index (χ1n) is 9.87. The minimum Gasteiger partial charge on any atom is -0.454 e. The second-order valence-corrected chi connectivity index (χ2v) is 9.20. The number of fused-ring (bicyclic) bond motifs is 5. The van der Waals surface area contributed by atoms with Crippen molar-refractivity contribution >= 4 is 29.3 Å². The van der Waals surface area contributed by atoms with E-state index in [9.17, 15) is 19.2 Å². The molecule has 0 N–H and O–H groups in total. The van der Waals surface area contributed by atoms with Crippen LogP contribution in [0, 0.1) is 29.1 Å². The van der Waals surface area contributed by atoms with Gasteiger partial charge in [-0.25, -0.2) is 4.79 Å². The number of carbonyl (C=O) groups excluding carboxylic acids is 4. The van der Waals surface area contributed by atoms with E-state index in [0.717, 1.165) is 19.3 Å². The minimum absolute atomic E-state index is 0.143. The summed E-state index contributed by atoms with van der Waals surface area (Å²) < 4.78 is 5.13. The van der Waals surface area contributed by atoms with Gasteiger partial charge in [0.1, 0.15) is 0 Å². The number of esters is 1. The van der Waals surface area contributed by atoms with Crippen molar-refractivity contribution in [3.8, 4) is 0 Å². The Labute approximate surface area is 164 Å². The number of benzene rings is 1. The summed E-state index contributed by atoms with van der Waals surface area (Å²) in [5, 5.41) is 0. The highest BCUT2D eigenvalue weighted by Crippen LogP contribution is 2.56. The molecule has 2 saturated carbocycles. The maximum atomic E-state index is 12.9. The van der Waals surface area contributed by atoms with Crippen LogP contribution >= 0.6 is 0 Å². The van der Waals surface area contributed by atoms with Crippen molar-refractivity contribution in [2.75, 3.05) is 11.5 Å².